The lowest BCUT2D eigenvalue weighted by molar-refractivity contribution is 0.116. The topological polar surface area (TPSA) is 46.4 Å². The number of hydrogen-bond acceptors (Lipinski definition) is 3. The summed E-state index contributed by atoms with van der Waals surface area (Å²) >= 11 is 6.32. The Labute approximate surface area is 139 Å². The smallest absolute Gasteiger partial charge is 0.146 e. The molecule has 1 atom stereocenters. The molecule has 0 saturated carbocycles. The van der Waals surface area contributed by atoms with E-state index in [1.54, 1.807) is 7.11 Å². The minimum absolute atomic E-state index is 0.640. The van der Waals surface area contributed by atoms with E-state index in [1.165, 1.54) is 0 Å². The molecule has 4 nitrogen and oxygen atoms in total. The molecule has 2 heterocycles. The lowest BCUT2D eigenvalue weighted by atomic mass is 10.0. The average Bonchev–Trinajstić information content (AvgIpc) is 2.94. The maximum atomic E-state index is 10.2. The number of fused-ring (bicyclic) bond motifs is 3. The van der Waals surface area contributed by atoms with Gasteiger partial charge >= 0.3 is 0 Å². The second-order valence-corrected chi connectivity index (χ2v) is 6.13. The summed E-state index contributed by atoms with van der Waals surface area (Å²) in [5, 5.41) is 15.0. The van der Waals surface area contributed by atoms with Crippen LogP contribution in [0.2, 0.25) is 5.02 Å². The van der Waals surface area contributed by atoms with E-state index in [0.717, 1.165) is 46.6 Å². The molecule has 0 spiro atoms. The number of ether oxygens (including phenoxy) is 1. The highest BCUT2D eigenvalue weighted by molar-refractivity contribution is 6.32. The van der Waals surface area contributed by atoms with Gasteiger partial charge in [0.15, 0.2) is 0 Å². The van der Waals surface area contributed by atoms with Crippen LogP contribution in [0.25, 0.3) is 22.0 Å². The second-order valence-electron chi connectivity index (χ2n) is 5.70. The van der Waals surface area contributed by atoms with Crippen LogP contribution in [0.15, 0.2) is 42.5 Å². The fourth-order valence-electron chi connectivity index (χ4n) is 3.27. The Morgan fingerprint density at radius 2 is 2.00 bits per heavy atom. The highest BCUT2D eigenvalue weighted by atomic mass is 35.5. The first-order chi connectivity index (χ1) is 11.2. The summed E-state index contributed by atoms with van der Waals surface area (Å²) < 4.78 is 7.41. The highest BCUT2D eigenvalue weighted by Gasteiger charge is 2.22. The van der Waals surface area contributed by atoms with Crippen molar-refractivity contribution in [3.8, 4) is 16.9 Å². The van der Waals surface area contributed by atoms with Gasteiger partial charge in [0.05, 0.1) is 18.3 Å². The Kier molecular flexibility index (Phi) is 3.53. The molecule has 2 aromatic carbocycles. The molecule has 4 rings (SSSR count). The predicted octanol–water partition coefficient (Wildman–Crippen LogP) is 3.56. The van der Waals surface area contributed by atoms with E-state index in [1.807, 2.05) is 42.5 Å². The van der Waals surface area contributed by atoms with Crippen LogP contribution >= 0.6 is 11.6 Å². The summed E-state index contributed by atoms with van der Waals surface area (Å²) in [7, 11) is 1.66. The maximum Gasteiger partial charge on any atom is 0.146 e. The van der Waals surface area contributed by atoms with E-state index in [9.17, 15) is 5.11 Å². The summed E-state index contributed by atoms with van der Waals surface area (Å²) in [6.45, 7) is 1.56. The monoisotopic (exact) mass is 328 g/mol. The third-order valence-corrected chi connectivity index (χ3v) is 4.56. The van der Waals surface area contributed by atoms with Gasteiger partial charge in [0.2, 0.25) is 0 Å². The molecule has 0 saturated heterocycles. The SMILES string of the molecule is COc1ccc(-c2cc(Cl)cc3cc4n(c23)CCNC4O)cc1. The van der Waals surface area contributed by atoms with Crippen LogP contribution in [0.4, 0.5) is 0 Å². The summed E-state index contributed by atoms with van der Waals surface area (Å²) in [6.07, 6.45) is -0.640. The average molecular weight is 329 g/mol. The maximum absolute atomic E-state index is 10.2. The molecule has 0 radical (unpaired) electrons. The van der Waals surface area contributed by atoms with E-state index in [-0.39, 0.29) is 0 Å². The van der Waals surface area contributed by atoms with Crippen LogP contribution in [-0.2, 0) is 6.54 Å². The molecule has 0 amide bonds. The molecule has 1 aromatic heterocycles. The molecule has 0 aliphatic carbocycles. The van der Waals surface area contributed by atoms with E-state index in [4.69, 9.17) is 16.3 Å². The minimum Gasteiger partial charge on any atom is -0.497 e. The number of benzene rings is 2. The van der Waals surface area contributed by atoms with E-state index < -0.39 is 6.23 Å². The molecular formula is C18H17ClN2O2. The summed E-state index contributed by atoms with van der Waals surface area (Å²) in [5.41, 5.74) is 4.13. The zero-order valence-corrected chi connectivity index (χ0v) is 13.5. The normalized spacial score (nSPS) is 17.3. The summed E-state index contributed by atoms with van der Waals surface area (Å²) in [5.74, 6) is 0.823. The molecule has 23 heavy (non-hydrogen) atoms. The Morgan fingerprint density at radius 3 is 2.74 bits per heavy atom. The third kappa shape index (κ3) is 2.39. The number of aliphatic hydroxyl groups is 1. The molecule has 118 valence electrons. The van der Waals surface area contributed by atoms with Crippen molar-refractivity contribution in [2.75, 3.05) is 13.7 Å². The standard InChI is InChI=1S/C18H17ClN2O2/c1-23-14-4-2-11(3-5-14)15-10-13(19)8-12-9-16-18(22)20-6-7-21(16)17(12)15/h2-5,8-10,18,20,22H,6-7H2,1H3. The van der Waals surface area contributed by atoms with Gasteiger partial charge in [0.25, 0.3) is 0 Å². The van der Waals surface area contributed by atoms with Gasteiger partial charge in [0, 0.05) is 29.1 Å². The Bertz CT molecular complexity index is 871. The van der Waals surface area contributed by atoms with E-state index >= 15 is 0 Å². The molecule has 0 bridgehead atoms. The summed E-state index contributed by atoms with van der Waals surface area (Å²) in [6, 6.07) is 13.9. The van der Waals surface area contributed by atoms with Gasteiger partial charge in [-0.25, -0.2) is 0 Å². The second kappa shape index (κ2) is 5.57. The molecule has 1 aliphatic rings. The van der Waals surface area contributed by atoms with Crippen LogP contribution in [0.1, 0.15) is 11.9 Å². The minimum atomic E-state index is -0.640. The molecule has 1 unspecified atom stereocenters. The molecule has 0 fully saturated rings. The quantitative estimate of drug-likeness (QED) is 0.756. The van der Waals surface area contributed by atoms with Crippen molar-refractivity contribution in [3.63, 3.8) is 0 Å². The molecule has 3 aromatic rings. The number of halogens is 1. The van der Waals surface area contributed by atoms with Crippen LogP contribution in [0.3, 0.4) is 0 Å². The number of nitrogens with one attached hydrogen (secondary N) is 1. The largest absolute Gasteiger partial charge is 0.497 e. The van der Waals surface area contributed by atoms with Crippen LogP contribution in [-0.4, -0.2) is 23.3 Å². The first-order valence-electron chi connectivity index (χ1n) is 7.56. The molecular weight excluding hydrogens is 312 g/mol. The van der Waals surface area contributed by atoms with Crippen molar-refractivity contribution in [2.45, 2.75) is 12.8 Å². The first kappa shape index (κ1) is 14.6. The number of aromatic nitrogens is 1. The van der Waals surface area contributed by atoms with Crippen LogP contribution < -0.4 is 10.1 Å². The number of aliphatic hydroxyl groups excluding tert-OH is 1. The molecule has 5 heteroatoms. The zero-order chi connectivity index (χ0) is 16.0. The van der Waals surface area contributed by atoms with Crippen LogP contribution in [0, 0.1) is 0 Å². The van der Waals surface area contributed by atoms with Crippen LogP contribution in [0.5, 0.6) is 5.75 Å². The van der Waals surface area contributed by atoms with Gasteiger partial charge in [-0.3, -0.25) is 5.32 Å². The van der Waals surface area contributed by atoms with Gasteiger partial charge in [-0.1, -0.05) is 23.7 Å². The first-order valence-corrected chi connectivity index (χ1v) is 7.94. The fraction of sp³-hybridized carbons (Fsp3) is 0.222. The van der Waals surface area contributed by atoms with Crippen molar-refractivity contribution in [1.82, 2.24) is 9.88 Å². The molecule has 2 N–H and O–H groups in total. The Balaban J connectivity index is 1.97. The Morgan fingerprint density at radius 1 is 1.22 bits per heavy atom. The lowest BCUT2D eigenvalue weighted by Gasteiger charge is -2.23. The van der Waals surface area contributed by atoms with Crippen molar-refractivity contribution in [2.24, 2.45) is 0 Å². The highest BCUT2D eigenvalue weighted by Crippen LogP contribution is 2.36. The lowest BCUT2D eigenvalue weighted by Crippen LogP contribution is -2.32. The van der Waals surface area contributed by atoms with Gasteiger partial charge in [-0.05, 0) is 35.9 Å². The van der Waals surface area contributed by atoms with Crippen molar-refractivity contribution >= 4 is 22.5 Å². The van der Waals surface area contributed by atoms with Crippen molar-refractivity contribution in [1.29, 1.82) is 0 Å². The van der Waals surface area contributed by atoms with Gasteiger partial charge in [0.1, 0.15) is 12.0 Å². The number of nitrogens with zero attached hydrogens (tertiary/aromatic N) is 1. The van der Waals surface area contributed by atoms with Gasteiger partial charge < -0.3 is 14.4 Å². The number of hydrogen-bond donors (Lipinski definition) is 2. The molecule has 1 aliphatic heterocycles. The number of methoxy groups -OCH3 is 1. The number of rotatable bonds is 2. The zero-order valence-electron chi connectivity index (χ0n) is 12.7. The summed E-state index contributed by atoms with van der Waals surface area (Å²) in [4.78, 5) is 0. The van der Waals surface area contributed by atoms with Crippen molar-refractivity contribution < 1.29 is 9.84 Å². The van der Waals surface area contributed by atoms with E-state index in [0.29, 0.717) is 5.02 Å². The van der Waals surface area contributed by atoms with Gasteiger partial charge in [-0.15, -0.1) is 0 Å². The van der Waals surface area contributed by atoms with Gasteiger partial charge in [-0.2, -0.15) is 0 Å². The fourth-order valence-corrected chi connectivity index (χ4v) is 3.50. The van der Waals surface area contributed by atoms with Crippen molar-refractivity contribution in [3.05, 3.63) is 53.2 Å². The Hall–Kier alpha value is -2.01. The predicted molar refractivity (Wildman–Crippen MR) is 91.9 cm³/mol. The third-order valence-electron chi connectivity index (χ3n) is 4.34. The van der Waals surface area contributed by atoms with E-state index in [2.05, 4.69) is 9.88 Å².